The molecule has 0 aliphatic rings. The van der Waals surface area contributed by atoms with Gasteiger partial charge in [0, 0.05) is 13.1 Å². The van der Waals surface area contributed by atoms with Gasteiger partial charge in [0.05, 0.1) is 6.61 Å². The predicted octanol–water partition coefficient (Wildman–Crippen LogP) is -0.0118. The van der Waals surface area contributed by atoms with Gasteiger partial charge >= 0.3 is 0 Å². The molecule has 0 aliphatic carbocycles. The normalized spacial score (nSPS) is 12.6. The first-order valence-corrected chi connectivity index (χ1v) is 4.75. The van der Waals surface area contributed by atoms with Gasteiger partial charge in [-0.25, -0.2) is 0 Å². The molecule has 0 radical (unpaired) electrons. The van der Waals surface area contributed by atoms with Gasteiger partial charge < -0.3 is 15.1 Å². The Morgan fingerprint density at radius 2 is 1.77 bits per heavy atom. The highest BCUT2D eigenvalue weighted by molar-refractivity contribution is 5.80. The highest BCUT2D eigenvalue weighted by Gasteiger charge is 2.19. The van der Waals surface area contributed by atoms with Crippen LogP contribution < -0.4 is 0 Å². The van der Waals surface area contributed by atoms with E-state index in [0.717, 1.165) is 12.8 Å². The molecule has 0 aliphatic heterocycles. The maximum atomic E-state index is 11.4. The number of aliphatic hydroxyl groups excluding tert-OH is 2. The first-order valence-electron chi connectivity index (χ1n) is 4.75. The summed E-state index contributed by atoms with van der Waals surface area (Å²) in [7, 11) is 0. The summed E-state index contributed by atoms with van der Waals surface area (Å²) in [6.07, 6.45) is 0.478. The third kappa shape index (κ3) is 4.24. The van der Waals surface area contributed by atoms with Crippen molar-refractivity contribution in [1.82, 2.24) is 4.90 Å². The van der Waals surface area contributed by atoms with E-state index in [0.29, 0.717) is 13.1 Å². The molecule has 1 amide bonds. The summed E-state index contributed by atoms with van der Waals surface area (Å²) in [5.41, 5.74) is 0. The number of hydrogen-bond donors (Lipinski definition) is 2. The second kappa shape index (κ2) is 6.86. The first-order chi connectivity index (χ1) is 6.17. The molecular weight excluding hydrogens is 170 g/mol. The maximum absolute atomic E-state index is 11.4. The summed E-state index contributed by atoms with van der Waals surface area (Å²) in [5.74, 6) is -0.369. The van der Waals surface area contributed by atoms with Crippen molar-refractivity contribution in [3.05, 3.63) is 0 Å². The molecule has 4 nitrogen and oxygen atoms in total. The summed E-state index contributed by atoms with van der Waals surface area (Å²) in [6, 6.07) is 0. The molecule has 4 heteroatoms. The second-order valence-electron chi connectivity index (χ2n) is 3.02. The lowest BCUT2D eigenvalue weighted by molar-refractivity contribution is -0.142. The standard InChI is InChI=1S/C9H19NO3/c1-3-5-10(6-4-2)9(13)8(12)7-11/h8,11-12H,3-7H2,1-2H3. The number of amides is 1. The summed E-state index contributed by atoms with van der Waals surface area (Å²) in [5, 5.41) is 17.7. The Bertz CT molecular complexity index is 144. The molecule has 1 atom stereocenters. The van der Waals surface area contributed by atoms with Crippen molar-refractivity contribution in [1.29, 1.82) is 0 Å². The maximum Gasteiger partial charge on any atom is 0.253 e. The number of carbonyl (C=O) groups is 1. The van der Waals surface area contributed by atoms with Crippen LogP contribution in [0.3, 0.4) is 0 Å². The molecule has 0 rings (SSSR count). The Labute approximate surface area is 79.2 Å². The van der Waals surface area contributed by atoms with E-state index in [-0.39, 0.29) is 5.91 Å². The highest BCUT2D eigenvalue weighted by Crippen LogP contribution is 1.98. The minimum absolute atomic E-state index is 0.369. The molecule has 1 unspecified atom stereocenters. The first kappa shape index (κ1) is 12.4. The van der Waals surface area contributed by atoms with E-state index < -0.39 is 12.7 Å². The van der Waals surface area contributed by atoms with Crippen LogP contribution in [0.1, 0.15) is 26.7 Å². The van der Waals surface area contributed by atoms with Crippen LogP contribution in [-0.2, 0) is 4.79 Å². The van der Waals surface area contributed by atoms with E-state index in [4.69, 9.17) is 10.2 Å². The summed E-state index contributed by atoms with van der Waals surface area (Å²) in [6.45, 7) is 4.73. The molecule has 0 aromatic rings. The van der Waals surface area contributed by atoms with Gasteiger partial charge in [0.15, 0.2) is 6.10 Å². The van der Waals surface area contributed by atoms with Crippen LogP contribution >= 0.6 is 0 Å². The van der Waals surface area contributed by atoms with E-state index in [9.17, 15) is 4.79 Å². The zero-order valence-corrected chi connectivity index (χ0v) is 8.36. The Morgan fingerprint density at radius 3 is 2.08 bits per heavy atom. The molecule has 0 aromatic carbocycles. The topological polar surface area (TPSA) is 60.8 Å². The van der Waals surface area contributed by atoms with Gasteiger partial charge in [-0.05, 0) is 12.8 Å². The van der Waals surface area contributed by atoms with Crippen molar-refractivity contribution in [3.8, 4) is 0 Å². The third-order valence-corrected chi connectivity index (χ3v) is 1.76. The molecule has 13 heavy (non-hydrogen) atoms. The van der Waals surface area contributed by atoms with Crippen molar-refractivity contribution in [2.45, 2.75) is 32.8 Å². The van der Waals surface area contributed by atoms with Gasteiger partial charge in [0.2, 0.25) is 0 Å². The Hall–Kier alpha value is -0.610. The zero-order valence-electron chi connectivity index (χ0n) is 8.36. The highest BCUT2D eigenvalue weighted by atomic mass is 16.3. The van der Waals surface area contributed by atoms with Gasteiger partial charge in [-0.15, -0.1) is 0 Å². The summed E-state index contributed by atoms with van der Waals surface area (Å²) < 4.78 is 0. The lowest BCUT2D eigenvalue weighted by Crippen LogP contribution is -2.41. The minimum Gasteiger partial charge on any atom is -0.393 e. The van der Waals surface area contributed by atoms with Crippen molar-refractivity contribution in [2.75, 3.05) is 19.7 Å². The Balaban J connectivity index is 4.09. The number of aliphatic hydroxyl groups is 2. The van der Waals surface area contributed by atoms with Crippen molar-refractivity contribution >= 4 is 5.91 Å². The van der Waals surface area contributed by atoms with Gasteiger partial charge in [-0.1, -0.05) is 13.8 Å². The van der Waals surface area contributed by atoms with Crippen molar-refractivity contribution in [2.24, 2.45) is 0 Å². The molecule has 0 bridgehead atoms. The number of carbonyl (C=O) groups excluding carboxylic acids is 1. The van der Waals surface area contributed by atoms with Crippen LogP contribution in [0.25, 0.3) is 0 Å². The second-order valence-corrected chi connectivity index (χ2v) is 3.02. The number of nitrogens with zero attached hydrogens (tertiary/aromatic N) is 1. The van der Waals surface area contributed by atoms with Crippen LogP contribution in [0, 0.1) is 0 Å². The van der Waals surface area contributed by atoms with Gasteiger partial charge in [-0.2, -0.15) is 0 Å². The van der Waals surface area contributed by atoms with Gasteiger partial charge in [0.1, 0.15) is 0 Å². The molecule has 78 valence electrons. The molecule has 0 aromatic heterocycles. The van der Waals surface area contributed by atoms with E-state index >= 15 is 0 Å². The Morgan fingerprint density at radius 1 is 1.31 bits per heavy atom. The summed E-state index contributed by atoms with van der Waals surface area (Å²) in [4.78, 5) is 13.0. The molecule has 0 saturated heterocycles. The van der Waals surface area contributed by atoms with Crippen molar-refractivity contribution < 1.29 is 15.0 Å². The lowest BCUT2D eigenvalue weighted by atomic mass is 10.3. The molecule has 0 fully saturated rings. The van der Waals surface area contributed by atoms with E-state index in [1.165, 1.54) is 0 Å². The summed E-state index contributed by atoms with van der Waals surface area (Å²) >= 11 is 0. The fraction of sp³-hybridized carbons (Fsp3) is 0.889. The fourth-order valence-corrected chi connectivity index (χ4v) is 1.16. The van der Waals surface area contributed by atoms with E-state index in [1.54, 1.807) is 4.90 Å². The number of hydrogen-bond acceptors (Lipinski definition) is 3. The SMILES string of the molecule is CCCN(CCC)C(=O)C(O)CO. The fourth-order valence-electron chi connectivity index (χ4n) is 1.16. The van der Waals surface area contributed by atoms with Gasteiger partial charge in [-0.3, -0.25) is 4.79 Å². The smallest absolute Gasteiger partial charge is 0.253 e. The van der Waals surface area contributed by atoms with Gasteiger partial charge in [0.25, 0.3) is 5.91 Å². The average Bonchev–Trinajstić information content (AvgIpc) is 2.15. The van der Waals surface area contributed by atoms with Crippen LogP contribution in [0.5, 0.6) is 0 Å². The van der Waals surface area contributed by atoms with Crippen LogP contribution in [0.15, 0.2) is 0 Å². The lowest BCUT2D eigenvalue weighted by Gasteiger charge is -2.23. The third-order valence-electron chi connectivity index (χ3n) is 1.76. The van der Waals surface area contributed by atoms with Crippen LogP contribution in [0.2, 0.25) is 0 Å². The molecule has 0 heterocycles. The molecule has 0 saturated carbocycles. The monoisotopic (exact) mass is 189 g/mol. The van der Waals surface area contributed by atoms with Crippen LogP contribution in [0.4, 0.5) is 0 Å². The molecule has 2 N–H and O–H groups in total. The number of rotatable bonds is 6. The largest absolute Gasteiger partial charge is 0.393 e. The predicted molar refractivity (Wildman–Crippen MR) is 50.3 cm³/mol. The van der Waals surface area contributed by atoms with E-state index in [1.807, 2.05) is 13.8 Å². The molecule has 0 spiro atoms. The Kier molecular flexibility index (Phi) is 6.54. The van der Waals surface area contributed by atoms with Crippen molar-refractivity contribution in [3.63, 3.8) is 0 Å². The average molecular weight is 189 g/mol. The van der Waals surface area contributed by atoms with Crippen LogP contribution in [-0.4, -0.2) is 46.8 Å². The quantitative estimate of drug-likeness (QED) is 0.617. The van der Waals surface area contributed by atoms with E-state index in [2.05, 4.69) is 0 Å². The minimum atomic E-state index is -1.25. The molecular formula is C9H19NO3. The zero-order chi connectivity index (χ0) is 10.3.